The number of halogens is 3. The molecule has 1 saturated heterocycles. The summed E-state index contributed by atoms with van der Waals surface area (Å²) < 4.78 is 27.6. The van der Waals surface area contributed by atoms with Crippen LogP contribution in [0.25, 0.3) is 0 Å². The van der Waals surface area contributed by atoms with Crippen molar-refractivity contribution in [2.75, 3.05) is 16.8 Å². The van der Waals surface area contributed by atoms with E-state index in [-0.39, 0.29) is 24.6 Å². The van der Waals surface area contributed by atoms with Gasteiger partial charge in [-0.3, -0.25) is 4.79 Å². The van der Waals surface area contributed by atoms with E-state index in [0.717, 1.165) is 0 Å². The first kappa shape index (κ1) is 17.3. The molecule has 2 aromatic carbocycles. The fourth-order valence-electron chi connectivity index (χ4n) is 2.63. The van der Waals surface area contributed by atoms with Crippen LogP contribution in [0.3, 0.4) is 0 Å². The zero-order valence-electron chi connectivity index (χ0n) is 12.9. The third-order valence-electron chi connectivity index (χ3n) is 3.76. The smallest absolute Gasteiger partial charge is 0.319 e. The van der Waals surface area contributed by atoms with Gasteiger partial charge in [-0.2, -0.15) is 0 Å². The molecule has 1 atom stereocenters. The van der Waals surface area contributed by atoms with E-state index >= 15 is 0 Å². The number of anilines is 2. The molecule has 0 aromatic heterocycles. The van der Waals surface area contributed by atoms with E-state index in [1.54, 1.807) is 12.1 Å². The molecule has 2 aromatic rings. The Hall–Kier alpha value is -2.48. The summed E-state index contributed by atoms with van der Waals surface area (Å²) in [5.74, 6) is -1.23. The molecule has 2 N–H and O–H groups in total. The molecule has 0 spiro atoms. The Morgan fingerprint density at radius 3 is 2.72 bits per heavy atom. The fraction of sp³-hybridized carbons (Fsp3) is 0.176. The van der Waals surface area contributed by atoms with Crippen molar-refractivity contribution in [2.45, 2.75) is 12.5 Å². The quantitative estimate of drug-likeness (QED) is 0.812. The van der Waals surface area contributed by atoms with Gasteiger partial charge in [0.2, 0.25) is 5.91 Å². The third-order valence-corrected chi connectivity index (χ3v) is 4.25. The minimum absolute atomic E-state index is 0.0343. The molecule has 0 bridgehead atoms. The SMILES string of the molecule is O=C(Nc1ccc(Br)cc1F)NC1CC(=O)N(c2cccc(F)c2)C1. The lowest BCUT2D eigenvalue weighted by atomic mass is 10.2. The predicted octanol–water partition coefficient (Wildman–Crippen LogP) is 3.65. The molecule has 0 radical (unpaired) electrons. The normalized spacial score (nSPS) is 16.8. The van der Waals surface area contributed by atoms with Gasteiger partial charge >= 0.3 is 6.03 Å². The minimum atomic E-state index is -0.611. The highest BCUT2D eigenvalue weighted by atomic mass is 79.9. The van der Waals surface area contributed by atoms with Gasteiger partial charge in [0.15, 0.2) is 0 Å². The van der Waals surface area contributed by atoms with Gasteiger partial charge in [-0.05, 0) is 36.4 Å². The van der Waals surface area contributed by atoms with E-state index in [1.807, 2.05) is 0 Å². The molecular formula is C17H14BrF2N3O2. The highest BCUT2D eigenvalue weighted by molar-refractivity contribution is 9.10. The van der Waals surface area contributed by atoms with Gasteiger partial charge in [-0.1, -0.05) is 22.0 Å². The van der Waals surface area contributed by atoms with E-state index in [0.29, 0.717) is 10.2 Å². The Balaban J connectivity index is 1.62. The number of carbonyl (C=O) groups is 2. The van der Waals surface area contributed by atoms with E-state index in [4.69, 9.17) is 0 Å². The Morgan fingerprint density at radius 2 is 2.00 bits per heavy atom. The van der Waals surface area contributed by atoms with Crippen LogP contribution in [0.15, 0.2) is 46.9 Å². The maximum atomic E-state index is 13.7. The van der Waals surface area contributed by atoms with E-state index in [2.05, 4.69) is 26.6 Å². The Labute approximate surface area is 151 Å². The van der Waals surface area contributed by atoms with Crippen LogP contribution in [0.2, 0.25) is 0 Å². The van der Waals surface area contributed by atoms with Crippen LogP contribution >= 0.6 is 15.9 Å². The first-order chi connectivity index (χ1) is 11.9. The van der Waals surface area contributed by atoms with Crippen molar-refractivity contribution in [1.29, 1.82) is 0 Å². The maximum absolute atomic E-state index is 13.7. The fourth-order valence-corrected chi connectivity index (χ4v) is 2.97. The number of rotatable bonds is 3. The first-order valence-corrected chi connectivity index (χ1v) is 8.30. The molecule has 1 unspecified atom stereocenters. The molecule has 1 aliphatic heterocycles. The lowest BCUT2D eigenvalue weighted by molar-refractivity contribution is -0.117. The number of hydrogen-bond donors (Lipinski definition) is 2. The molecule has 0 aliphatic carbocycles. The summed E-state index contributed by atoms with van der Waals surface area (Å²) in [5, 5.41) is 5.04. The lowest BCUT2D eigenvalue weighted by Crippen LogP contribution is -2.39. The van der Waals surface area contributed by atoms with Gasteiger partial charge in [0, 0.05) is 23.1 Å². The first-order valence-electron chi connectivity index (χ1n) is 7.51. The van der Waals surface area contributed by atoms with E-state index in [9.17, 15) is 18.4 Å². The number of nitrogens with one attached hydrogen (secondary N) is 2. The van der Waals surface area contributed by atoms with Crippen LogP contribution in [0.5, 0.6) is 0 Å². The van der Waals surface area contributed by atoms with Crippen molar-refractivity contribution in [3.63, 3.8) is 0 Å². The monoisotopic (exact) mass is 409 g/mol. The molecule has 0 saturated carbocycles. The van der Waals surface area contributed by atoms with Gasteiger partial charge in [0.05, 0.1) is 11.7 Å². The van der Waals surface area contributed by atoms with Crippen molar-refractivity contribution in [2.24, 2.45) is 0 Å². The lowest BCUT2D eigenvalue weighted by Gasteiger charge is -2.17. The summed E-state index contributed by atoms with van der Waals surface area (Å²) in [6.45, 7) is 0.221. The zero-order chi connectivity index (χ0) is 18.0. The van der Waals surface area contributed by atoms with Gasteiger partial charge in [0.25, 0.3) is 0 Å². The highest BCUT2D eigenvalue weighted by Crippen LogP contribution is 2.23. The van der Waals surface area contributed by atoms with Crippen molar-refractivity contribution >= 4 is 39.2 Å². The molecular weight excluding hydrogens is 396 g/mol. The zero-order valence-corrected chi connectivity index (χ0v) is 14.5. The van der Waals surface area contributed by atoms with Crippen LogP contribution < -0.4 is 15.5 Å². The number of hydrogen-bond acceptors (Lipinski definition) is 2. The van der Waals surface area contributed by atoms with Crippen LogP contribution in [-0.2, 0) is 4.79 Å². The molecule has 8 heteroatoms. The Bertz CT molecular complexity index is 831. The average Bonchev–Trinajstić information content (AvgIpc) is 2.90. The molecule has 1 fully saturated rings. The van der Waals surface area contributed by atoms with E-state index in [1.165, 1.54) is 35.2 Å². The van der Waals surface area contributed by atoms with Crippen LogP contribution in [0.4, 0.5) is 25.0 Å². The summed E-state index contributed by atoms with van der Waals surface area (Å²) in [6.07, 6.45) is 0.0900. The van der Waals surface area contributed by atoms with Crippen molar-refractivity contribution in [3.05, 3.63) is 58.6 Å². The number of urea groups is 1. The number of carbonyl (C=O) groups excluding carboxylic acids is 2. The average molecular weight is 410 g/mol. The second-order valence-electron chi connectivity index (χ2n) is 5.61. The summed E-state index contributed by atoms with van der Waals surface area (Å²) >= 11 is 3.14. The molecule has 1 aliphatic rings. The Morgan fingerprint density at radius 1 is 1.20 bits per heavy atom. The van der Waals surface area contributed by atoms with Crippen molar-refractivity contribution in [3.8, 4) is 0 Å². The topological polar surface area (TPSA) is 61.4 Å². The third kappa shape index (κ3) is 4.14. The van der Waals surface area contributed by atoms with Crippen LogP contribution in [-0.4, -0.2) is 24.5 Å². The second kappa shape index (κ2) is 7.18. The second-order valence-corrected chi connectivity index (χ2v) is 6.52. The minimum Gasteiger partial charge on any atom is -0.333 e. The highest BCUT2D eigenvalue weighted by Gasteiger charge is 2.31. The number of amides is 3. The molecule has 25 heavy (non-hydrogen) atoms. The van der Waals surface area contributed by atoms with Gasteiger partial charge in [-0.25, -0.2) is 13.6 Å². The largest absolute Gasteiger partial charge is 0.333 e. The molecule has 130 valence electrons. The van der Waals surface area contributed by atoms with Gasteiger partial charge in [0.1, 0.15) is 11.6 Å². The standard InChI is InChI=1S/C17H14BrF2N3O2/c18-10-4-5-15(14(20)6-10)22-17(25)21-12-8-16(24)23(9-12)13-3-1-2-11(19)7-13/h1-7,12H,8-9H2,(H2,21,22,25). The molecule has 3 amide bonds. The molecule has 5 nitrogen and oxygen atoms in total. The van der Waals surface area contributed by atoms with Crippen LogP contribution in [0, 0.1) is 11.6 Å². The predicted molar refractivity (Wildman–Crippen MR) is 93.4 cm³/mol. The number of nitrogens with zero attached hydrogens (tertiary/aromatic N) is 1. The Kier molecular flexibility index (Phi) is 4.98. The van der Waals surface area contributed by atoms with Crippen LogP contribution in [0.1, 0.15) is 6.42 Å². The van der Waals surface area contributed by atoms with Crippen molar-refractivity contribution < 1.29 is 18.4 Å². The summed E-state index contributed by atoms with van der Waals surface area (Å²) in [4.78, 5) is 25.5. The summed E-state index contributed by atoms with van der Waals surface area (Å²) in [6, 6.07) is 8.90. The summed E-state index contributed by atoms with van der Waals surface area (Å²) in [7, 11) is 0. The maximum Gasteiger partial charge on any atom is 0.319 e. The van der Waals surface area contributed by atoms with Gasteiger partial charge in [-0.15, -0.1) is 0 Å². The van der Waals surface area contributed by atoms with Gasteiger partial charge < -0.3 is 15.5 Å². The van der Waals surface area contributed by atoms with Crippen molar-refractivity contribution in [1.82, 2.24) is 5.32 Å². The molecule has 3 rings (SSSR count). The van der Waals surface area contributed by atoms with E-state index < -0.39 is 23.7 Å². The number of benzene rings is 2. The summed E-state index contributed by atoms with van der Waals surface area (Å²) in [5.41, 5.74) is 0.473. The molecule has 1 heterocycles.